The zero-order valence-corrected chi connectivity index (χ0v) is 15.4. The van der Waals surface area contributed by atoms with Crippen molar-refractivity contribution >= 4 is 54.2 Å². The van der Waals surface area contributed by atoms with Crippen LogP contribution in [-0.4, -0.2) is 22.4 Å². The van der Waals surface area contributed by atoms with E-state index in [2.05, 4.69) is 26.2 Å². The van der Waals surface area contributed by atoms with E-state index < -0.39 is 10.8 Å². The molecule has 0 aliphatic carbocycles. The van der Waals surface area contributed by atoms with E-state index in [1.165, 1.54) is 29.5 Å². The third-order valence-corrected chi connectivity index (χ3v) is 4.90. The van der Waals surface area contributed by atoms with Crippen LogP contribution in [0, 0.1) is 10.1 Å². The van der Waals surface area contributed by atoms with Crippen molar-refractivity contribution in [2.45, 2.75) is 6.92 Å². The number of hydrogen-bond donors (Lipinski definition) is 1. The van der Waals surface area contributed by atoms with Crippen molar-refractivity contribution in [1.29, 1.82) is 0 Å². The number of amides is 1. The molecule has 9 heteroatoms. The van der Waals surface area contributed by atoms with E-state index in [0.29, 0.717) is 16.2 Å². The van der Waals surface area contributed by atoms with Gasteiger partial charge in [-0.2, -0.15) is 0 Å². The fourth-order valence-electron chi connectivity index (χ4n) is 2.18. The molecule has 1 N–H and O–H groups in total. The SMILES string of the molecule is CCOc1ccc2nc(NC(=O)c3ccc(Br)c([N+](=O)[O-])c3)sc2c1. The summed E-state index contributed by atoms with van der Waals surface area (Å²) < 4.78 is 6.64. The molecule has 7 nitrogen and oxygen atoms in total. The third kappa shape index (κ3) is 3.77. The highest BCUT2D eigenvalue weighted by molar-refractivity contribution is 9.10. The maximum absolute atomic E-state index is 12.3. The van der Waals surface area contributed by atoms with Gasteiger partial charge in [0, 0.05) is 11.6 Å². The van der Waals surface area contributed by atoms with Crippen LogP contribution < -0.4 is 10.1 Å². The molecule has 25 heavy (non-hydrogen) atoms. The molecule has 0 bridgehead atoms. The van der Waals surface area contributed by atoms with Gasteiger partial charge in [-0.15, -0.1) is 0 Å². The van der Waals surface area contributed by atoms with Crippen LogP contribution in [0.3, 0.4) is 0 Å². The molecule has 3 aromatic rings. The normalized spacial score (nSPS) is 10.6. The molecule has 2 aromatic carbocycles. The van der Waals surface area contributed by atoms with Crippen molar-refractivity contribution in [3.63, 3.8) is 0 Å². The second-order valence-corrected chi connectivity index (χ2v) is 6.84. The molecule has 0 saturated heterocycles. The van der Waals surface area contributed by atoms with Crippen molar-refractivity contribution in [3.05, 3.63) is 56.5 Å². The Hall–Kier alpha value is -2.52. The smallest absolute Gasteiger partial charge is 0.284 e. The van der Waals surface area contributed by atoms with Gasteiger partial charge in [-0.25, -0.2) is 4.98 Å². The number of anilines is 1. The first-order valence-corrected chi connectivity index (χ1v) is 8.87. The summed E-state index contributed by atoms with van der Waals surface area (Å²) in [5.41, 5.74) is 0.757. The van der Waals surface area contributed by atoms with Gasteiger partial charge in [-0.3, -0.25) is 20.2 Å². The van der Waals surface area contributed by atoms with E-state index in [-0.39, 0.29) is 11.3 Å². The predicted molar refractivity (Wildman–Crippen MR) is 99.5 cm³/mol. The molecular weight excluding hydrogens is 410 g/mol. The number of halogens is 1. The van der Waals surface area contributed by atoms with E-state index in [1.807, 2.05) is 25.1 Å². The average molecular weight is 422 g/mol. The Kier molecular flexibility index (Phi) is 4.95. The molecule has 0 spiro atoms. The monoisotopic (exact) mass is 421 g/mol. The Morgan fingerprint density at radius 1 is 1.36 bits per heavy atom. The highest BCUT2D eigenvalue weighted by Crippen LogP contribution is 2.30. The van der Waals surface area contributed by atoms with Gasteiger partial charge in [0.05, 0.1) is 26.2 Å². The number of hydrogen-bond acceptors (Lipinski definition) is 6. The van der Waals surface area contributed by atoms with E-state index in [9.17, 15) is 14.9 Å². The molecule has 1 amide bonds. The van der Waals surface area contributed by atoms with Crippen LogP contribution in [-0.2, 0) is 0 Å². The molecular formula is C16H12BrN3O4S. The number of rotatable bonds is 5. The number of nitrogens with one attached hydrogen (secondary N) is 1. The van der Waals surface area contributed by atoms with Gasteiger partial charge < -0.3 is 4.74 Å². The zero-order chi connectivity index (χ0) is 18.0. The predicted octanol–water partition coefficient (Wildman–Crippen LogP) is 4.62. The quantitative estimate of drug-likeness (QED) is 0.478. The lowest BCUT2D eigenvalue weighted by molar-refractivity contribution is -0.385. The van der Waals surface area contributed by atoms with Crippen LogP contribution in [0.15, 0.2) is 40.9 Å². The van der Waals surface area contributed by atoms with E-state index in [0.717, 1.165) is 16.0 Å². The van der Waals surface area contributed by atoms with Crippen molar-refractivity contribution < 1.29 is 14.5 Å². The summed E-state index contributed by atoms with van der Waals surface area (Å²) in [7, 11) is 0. The maximum Gasteiger partial charge on any atom is 0.284 e. The molecule has 0 atom stereocenters. The van der Waals surface area contributed by atoms with Gasteiger partial charge in [-0.05, 0) is 53.2 Å². The molecule has 0 aliphatic heterocycles. The minimum Gasteiger partial charge on any atom is -0.494 e. The lowest BCUT2D eigenvalue weighted by atomic mass is 10.2. The van der Waals surface area contributed by atoms with Gasteiger partial charge in [-0.1, -0.05) is 11.3 Å². The third-order valence-electron chi connectivity index (χ3n) is 3.30. The fourth-order valence-corrected chi connectivity index (χ4v) is 3.46. The first-order valence-electron chi connectivity index (χ1n) is 7.26. The Labute approximate surface area is 154 Å². The number of thiazole rings is 1. The number of ether oxygens (including phenoxy) is 1. The summed E-state index contributed by atoms with van der Waals surface area (Å²) in [4.78, 5) is 27.1. The molecule has 0 unspecified atom stereocenters. The number of nitro groups is 1. The maximum atomic E-state index is 12.3. The van der Waals surface area contributed by atoms with E-state index in [4.69, 9.17) is 4.74 Å². The topological polar surface area (TPSA) is 94.4 Å². The van der Waals surface area contributed by atoms with Crippen molar-refractivity contribution in [1.82, 2.24) is 4.98 Å². The highest BCUT2D eigenvalue weighted by atomic mass is 79.9. The van der Waals surface area contributed by atoms with Crippen molar-refractivity contribution in [2.75, 3.05) is 11.9 Å². The van der Waals surface area contributed by atoms with E-state index >= 15 is 0 Å². The summed E-state index contributed by atoms with van der Waals surface area (Å²) in [6.45, 7) is 2.47. The number of carbonyl (C=O) groups excluding carboxylic acids is 1. The van der Waals surface area contributed by atoms with Crippen molar-refractivity contribution in [2.24, 2.45) is 0 Å². The van der Waals surface area contributed by atoms with Gasteiger partial charge in [0.1, 0.15) is 5.75 Å². The molecule has 0 radical (unpaired) electrons. The standard InChI is InChI=1S/C16H12BrN3O4S/c1-2-24-10-4-6-12-14(8-10)25-16(18-12)19-15(21)9-3-5-11(17)13(7-9)20(22)23/h3-8H,2H2,1H3,(H,18,19,21). The lowest BCUT2D eigenvalue weighted by Crippen LogP contribution is -2.11. The Morgan fingerprint density at radius 2 is 2.16 bits per heavy atom. The van der Waals surface area contributed by atoms with Crippen molar-refractivity contribution in [3.8, 4) is 5.75 Å². The second kappa shape index (κ2) is 7.16. The lowest BCUT2D eigenvalue weighted by Gasteiger charge is -2.02. The summed E-state index contributed by atoms with van der Waals surface area (Å²) in [6.07, 6.45) is 0. The molecule has 0 aliphatic rings. The van der Waals surface area contributed by atoms with Gasteiger partial charge in [0.25, 0.3) is 11.6 Å². The molecule has 1 aromatic heterocycles. The van der Waals surface area contributed by atoms with E-state index in [1.54, 1.807) is 0 Å². The fraction of sp³-hybridized carbons (Fsp3) is 0.125. The summed E-state index contributed by atoms with van der Waals surface area (Å²) in [5, 5.41) is 14.1. The number of nitro benzene ring substituents is 1. The molecule has 1 heterocycles. The number of carbonyl (C=O) groups is 1. The zero-order valence-electron chi connectivity index (χ0n) is 13.0. The first kappa shape index (κ1) is 17.3. The Balaban J connectivity index is 1.84. The number of benzene rings is 2. The summed E-state index contributed by atoms with van der Waals surface area (Å²) in [6, 6.07) is 9.69. The minimum atomic E-state index is -0.548. The van der Waals surface area contributed by atoms with Crippen LogP contribution >= 0.6 is 27.3 Å². The summed E-state index contributed by atoms with van der Waals surface area (Å²) in [5.74, 6) is 0.278. The average Bonchev–Trinajstić information content (AvgIpc) is 2.96. The number of aromatic nitrogens is 1. The number of fused-ring (bicyclic) bond motifs is 1. The van der Waals surface area contributed by atoms with Crippen LogP contribution in [0.2, 0.25) is 0 Å². The van der Waals surface area contributed by atoms with Crippen LogP contribution in [0.25, 0.3) is 10.2 Å². The Morgan fingerprint density at radius 3 is 2.88 bits per heavy atom. The van der Waals surface area contributed by atoms with Gasteiger partial charge >= 0.3 is 0 Å². The van der Waals surface area contributed by atoms with Gasteiger partial charge in [0.15, 0.2) is 5.13 Å². The highest BCUT2D eigenvalue weighted by Gasteiger charge is 2.17. The van der Waals surface area contributed by atoms with Crippen LogP contribution in [0.5, 0.6) is 5.75 Å². The van der Waals surface area contributed by atoms with Crippen LogP contribution in [0.4, 0.5) is 10.8 Å². The second-order valence-electron chi connectivity index (χ2n) is 4.96. The molecule has 0 saturated carbocycles. The number of nitrogens with zero attached hydrogens (tertiary/aromatic N) is 2. The minimum absolute atomic E-state index is 0.168. The molecule has 3 rings (SSSR count). The Bertz CT molecular complexity index is 973. The van der Waals surface area contributed by atoms with Crippen LogP contribution in [0.1, 0.15) is 17.3 Å². The summed E-state index contributed by atoms with van der Waals surface area (Å²) >= 11 is 4.40. The first-order chi connectivity index (χ1) is 12.0. The molecule has 128 valence electrons. The molecule has 0 fully saturated rings. The largest absolute Gasteiger partial charge is 0.494 e. The van der Waals surface area contributed by atoms with Gasteiger partial charge in [0.2, 0.25) is 0 Å².